The van der Waals surface area contributed by atoms with Gasteiger partial charge in [-0.15, -0.1) is 0 Å². The fourth-order valence-electron chi connectivity index (χ4n) is 2.25. The lowest BCUT2D eigenvalue weighted by Crippen LogP contribution is -2.35. The molecule has 0 aliphatic carbocycles. The van der Waals surface area contributed by atoms with Gasteiger partial charge in [-0.25, -0.2) is 0 Å². The van der Waals surface area contributed by atoms with E-state index in [9.17, 15) is 9.59 Å². The number of likely N-dealkylation sites (tertiary alicyclic amines) is 1. The van der Waals surface area contributed by atoms with Crippen LogP contribution in [0.4, 0.5) is 0 Å². The molecule has 1 aliphatic rings. The first kappa shape index (κ1) is 13.9. The highest BCUT2D eigenvalue weighted by atomic mass is 32.1. The average Bonchev–Trinajstić information content (AvgIpc) is 2.80. The van der Waals surface area contributed by atoms with Crippen molar-refractivity contribution >= 4 is 28.9 Å². The minimum atomic E-state index is -0.197. The maximum absolute atomic E-state index is 12.3. The summed E-state index contributed by atoms with van der Waals surface area (Å²) >= 11 is 5.24. The van der Waals surface area contributed by atoms with Gasteiger partial charge >= 0.3 is 0 Å². The van der Waals surface area contributed by atoms with Gasteiger partial charge in [0.15, 0.2) is 5.78 Å². The van der Waals surface area contributed by atoms with Gasteiger partial charge in [-0.1, -0.05) is 56.4 Å². The summed E-state index contributed by atoms with van der Waals surface area (Å²) < 4.78 is 0. The average molecular weight is 275 g/mol. The minimum absolute atomic E-state index is 0.00774. The molecule has 1 fully saturated rings. The van der Waals surface area contributed by atoms with Crippen molar-refractivity contribution in [2.45, 2.75) is 20.3 Å². The zero-order chi connectivity index (χ0) is 14.0. The van der Waals surface area contributed by atoms with Gasteiger partial charge in [-0.3, -0.25) is 9.59 Å². The van der Waals surface area contributed by atoms with Gasteiger partial charge in [0, 0.05) is 30.4 Å². The molecule has 0 saturated carbocycles. The molecule has 1 aromatic carbocycles. The first-order chi connectivity index (χ1) is 9.00. The van der Waals surface area contributed by atoms with E-state index in [-0.39, 0.29) is 23.5 Å². The molecule has 1 amide bonds. The summed E-state index contributed by atoms with van der Waals surface area (Å²) in [7, 11) is 0. The van der Waals surface area contributed by atoms with Crippen LogP contribution in [-0.4, -0.2) is 28.1 Å². The smallest absolute Gasteiger partial charge is 0.229 e. The van der Waals surface area contributed by atoms with E-state index in [1.165, 1.54) is 0 Å². The molecule has 100 valence electrons. The molecule has 2 rings (SSSR count). The van der Waals surface area contributed by atoms with Crippen LogP contribution in [0.2, 0.25) is 0 Å². The fourth-order valence-corrected chi connectivity index (χ4v) is 2.61. The van der Waals surface area contributed by atoms with Gasteiger partial charge < -0.3 is 4.90 Å². The van der Waals surface area contributed by atoms with E-state index >= 15 is 0 Å². The zero-order valence-electron chi connectivity index (χ0n) is 11.1. The van der Waals surface area contributed by atoms with Crippen LogP contribution in [0, 0.1) is 11.8 Å². The van der Waals surface area contributed by atoms with Crippen LogP contribution in [-0.2, 0) is 4.79 Å². The maximum atomic E-state index is 12.3. The molecule has 19 heavy (non-hydrogen) atoms. The van der Waals surface area contributed by atoms with Crippen molar-refractivity contribution in [3.8, 4) is 0 Å². The van der Waals surface area contributed by atoms with Gasteiger partial charge in [0.1, 0.15) is 0 Å². The monoisotopic (exact) mass is 275 g/mol. The molecular formula is C15H17NO2S. The van der Waals surface area contributed by atoms with Crippen LogP contribution in [0.1, 0.15) is 30.6 Å². The maximum Gasteiger partial charge on any atom is 0.229 e. The number of hydrogen-bond acceptors (Lipinski definition) is 3. The van der Waals surface area contributed by atoms with Crippen molar-refractivity contribution < 1.29 is 9.59 Å². The number of Topliss-reactive ketones (excluding diaryl/α,β-unsaturated/α-hetero) is 1. The molecule has 0 N–H and O–H groups in total. The topological polar surface area (TPSA) is 37.4 Å². The van der Waals surface area contributed by atoms with Crippen molar-refractivity contribution in [3.05, 3.63) is 35.9 Å². The molecule has 0 unspecified atom stereocenters. The number of ketones is 1. The number of hydrogen-bond donors (Lipinski definition) is 0. The number of carbonyl (C=O) groups excluding carboxylic acids is 2. The molecule has 0 aromatic heterocycles. The first-order valence-corrected chi connectivity index (χ1v) is 6.85. The highest BCUT2D eigenvalue weighted by Crippen LogP contribution is 2.24. The standard InChI is InChI=1S/C15H17NO2S/c1-10(2)15(18)16-9-12(8-13(16)19)14(17)11-6-4-3-5-7-11/h3-7,10,12H,8-9H2,1-2H3/t12-/m1/s1. The number of benzene rings is 1. The summed E-state index contributed by atoms with van der Waals surface area (Å²) in [5, 5.41) is 0. The van der Waals surface area contributed by atoms with Crippen LogP contribution < -0.4 is 0 Å². The van der Waals surface area contributed by atoms with Gasteiger partial charge in [0.05, 0.1) is 4.99 Å². The SMILES string of the molecule is CC(C)C(=O)N1C[C@H](C(=O)c2ccccc2)CC1=S. The van der Waals surface area contributed by atoms with Crippen molar-refractivity contribution in [1.29, 1.82) is 0 Å². The molecule has 0 spiro atoms. The van der Waals surface area contributed by atoms with Gasteiger partial charge in [0.25, 0.3) is 0 Å². The summed E-state index contributed by atoms with van der Waals surface area (Å²) in [6.07, 6.45) is 0.502. The Kier molecular flexibility index (Phi) is 4.10. The highest BCUT2D eigenvalue weighted by molar-refractivity contribution is 7.80. The highest BCUT2D eigenvalue weighted by Gasteiger charge is 2.35. The molecule has 1 atom stereocenters. The van der Waals surface area contributed by atoms with Crippen molar-refractivity contribution in [2.75, 3.05) is 6.54 Å². The van der Waals surface area contributed by atoms with E-state index < -0.39 is 0 Å². The molecule has 1 heterocycles. The van der Waals surface area contributed by atoms with Crippen molar-refractivity contribution in [2.24, 2.45) is 11.8 Å². The van der Waals surface area contributed by atoms with E-state index in [4.69, 9.17) is 12.2 Å². The molecule has 4 heteroatoms. The largest absolute Gasteiger partial charge is 0.306 e. The second-order valence-electron chi connectivity index (χ2n) is 5.13. The number of nitrogens with zero attached hydrogens (tertiary/aromatic N) is 1. The Labute approximate surface area is 118 Å². The third-order valence-electron chi connectivity index (χ3n) is 3.31. The quantitative estimate of drug-likeness (QED) is 0.629. The van der Waals surface area contributed by atoms with Gasteiger partial charge in [-0.05, 0) is 0 Å². The minimum Gasteiger partial charge on any atom is -0.306 e. The molecule has 1 saturated heterocycles. The van der Waals surface area contributed by atoms with E-state index in [1.54, 1.807) is 17.0 Å². The van der Waals surface area contributed by atoms with Gasteiger partial charge in [0.2, 0.25) is 5.91 Å². The Morgan fingerprint density at radius 2 is 1.89 bits per heavy atom. The Bertz CT molecular complexity index is 510. The second-order valence-corrected chi connectivity index (χ2v) is 5.60. The van der Waals surface area contributed by atoms with E-state index in [0.717, 1.165) is 0 Å². The van der Waals surface area contributed by atoms with E-state index in [1.807, 2.05) is 32.0 Å². The van der Waals surface area contributed by atoms with Crippen LogP contribution in [0.15, 0.2) is 30.3 Å². The molecule has 0 radical (unpaired) electrons. The van der Waals surface area contributed by atoms with Gasteiger partial charge in [-0.2, -0.15) is 0 Å². The lowest BCUT2D eigenvalue weighted by atomic mass is 9.97. The van der Waals surface area contributed by atoms with Crippen LogP contribution >= 0.6 is 12.2 Å². The number of amides is 1. The Balaban J connectivity index is 2.11. The van der Waals surface area contributed by atoms with E-state index in [0.29, 0.717) is 23.5 Å². The normalized spacial score (nSPS) is 19.0. The second kappa shape index (κ2) is 5.61. The molecular weight excluding hydrogens is 258 g/mol. The summed E-state index contributed by atoms with van der Waals surface area (Å²) in [5.41, 5.74) is 0.689. The molecule has 1 aliphatic heterocycles. The predicted molar refractivity (Wildman–Crippen MR) is 78.0 cm³/mol. The lowest BCUT2D eigenvalue weighted by molar-refractivity contribution is -0.130. The van der Waals surface area contributed by atoms with Crippen molar-refractivity contribution in [3.63, 3.8) is 0 Å². The Hall–Kier alpha value is -1.55. The number of carbonyl (C=O) groups is 2. The van der Waals surface area contributed by atoms with Crippen molar-refractivity contribution in [1.82, 2.24) is 4.90 Å². The van der Waals surface area contributed by atoms with E-state index in [2.05, 4.69) is 0 Å². The predicted octanol–water partition coefficient (Wildman–Crippen LogP) is 2.70. The summed E-state index contributed by atoms with van der Waals surface area (Å²) in [6, 6.07) is 9.18. The molecule has 0 bridgehead atoms. The summed E-state index contributed by atoms with van der Waals surface area (Å²) in [4.78, 5) is 26.5. The summed E-state index contributed by atoms with van der Waals surface area (Å²) in [6.45, 7) is 4.11. The third kappa shape index (κ3) is 2.89. The lowest BCUT2D eigenvalue weighted by Gasteiger charge is -2.18. The third-order valence-corrected chi connectivity index (χ3v) is 3.70. The zero-order valence-corrected chi connectivity index (χ0v) is 11.9. The number of rotatable bonds is 3. The first-order valence-electron chi connectivity index (χ1n) is 6.44. The Morgan fingerprint density at radius 3 is 2.47 bits per heavy atom. The number of thiocarbonyl (C=S) groups is 1. The molecule has 3 nitrogen and oxygen atoms in total. The Morgan fingerprint density at radius 1 is 1.26 bits per heavy atom. The summed E-state index contributed by atoms with van der Waals surface area (Å²) in [5.74, 6) is -0.212. The molecule has 1 aromatic rings. The fraction of sp³-hybridized carbons (Fsp3) is 0.400. The van der Waals surface area contributed by atoms with Crippen LogP contribution in [0.3, 0.4) is 0 Å². The van der Waals surface area contributed by atoms with Crippen LogP contribution in [0.25, 0.3) is 0 Å². The van der Waals surface area contributed by atoms with Crippen LogP contribution in [0.5, 0.6) is 0 Å².